The fourth-order valence-corrected chi connectivity index (χ4v) is 2.59. The molecule has 0 spiro atoms. The van der Waals surface area contributed by atoms with Gasteiger partial charge in [-0.25, -0.2) is 4.98 Å². The Morgan fingerprint density at radius 3 is 2.92 bits per heavy atom. The Labute approximate surface area is 136 Å². The van der Waals surface area contributed by atoms with Gasteiger partial charge in [0.05, 0.1) is 17.4 Å². The van der Waals surface area contributed by atoms with Crippen LogP contribution in [0.15, 0.2) is 23.0 Å². The van der Waals surface area contributed by atoms with Crippen molar-refractivity contribution in [2.45, 2.75) is 26.2 Å². The maximum Gasteiger partial charge on any atom is 0.255 e. The zero-order chi connectivity index (χ0) is 17.3. The molecule has 9 nitrogen and oxygen atoms in total. The Kier molecular flexibility index (Phi) is 3.98. The van der Waals surface area contributed by atoms with Crippen LogP contribution in [0.5, 0.6) is 0 Å². The first-order valence-corrected chi connectivity index (χ1v) is 7.33. The van der Waals surface area contributed by atoms with E-state index in [0.29, 0.717) is 23.8 Å². The standard InChI is InChI=1S/C15H15N5O4/c1-8-7-11(17-12(21)5-6-13(22)23)20(19-8)15-16-10-4-2-3-9(10)14(24)18-15/h5-7H,2-4H2,1H3,(H,17,21)(H,22,23)(H,16,18,24)/p-1/b6-5+. The smallest absolute Gasteiger partial charge is 0.255 e. The third-order valence-corrected chi connectivity index (χ3v) is 3.58. The number of aromatic nitrogens is 4. The average Bonchev–Trinajstić information content (AvgIpc) is 3.12. The molecule has 0 fully saturated rings. The van der Waals surface area contributed by atoms with Crippen LogP contribution in [-0.2, 0) is 22.4 Å². The molecule has 0 saturated carbocycles. The molecule has 3 rings (SSSR count). The second kappa shape index (κ2) is 6.11. The molecule has 0 unspecified atom stereocenters. The second-order valence-electron chi connectivity index (χ2n) is 5.39. The number of carbonyl (C=O) groups is 2. The molecule has 0 saturated heterocycles. The van der Waals surface area contributed by atoms with Gasteiger partial charge >= 0.3 is 0 Å². The number of hydrogen-bond donors (Lipinski definition) is 2. The monoisotopic (exact) mass is 328 g/mol. The van der Waals surface area contributed by atoms with Gasteiger partial charge in [0.15, 0.2) is 0 Å². The van der Waals surface area contributed by atoms with Gasteiger partial charge in [0.25, 0.3) is 5.56 Å². The summed E-state index contributed by atoms with van der Waals surface area (Å²) >= 11 is 0. The van der Waals surface area contributed by atoms with Crippen LogP contribution >= 0.6 is 0 Å². The number of amides is 1. The number of aryl methyl sites for hydroxylation is 2. The van der Waals surface area contributed by atoms with Crippen LogP contribution < -0.4 is 16.0 Å². The van der Waals surface area contributed by atoms with Crippen molar-refractivity contribution in [2.24, 2.45) is 0 Å². The second-order valence-corrected chi connectivity index (χ2v) is 5.39. The first-order chi connectivity index (χ1) is 11.4. The summed E-state index contributed by atoms with van der Waals surface area (Å²) < 4.78 is 1.31. The molecular formula is C15H14N5O4-. The summed E-state index contributed by atoms with van der Waals surface area (Å²) in [5.41, 5.74) is 1.80. The third kappa shape index (κ3) is 3.09. The van der Waals surface area contributed by atoms with E-state index in [-0.39, 0.29) is 17.3 Å². The number of rotatable bonds is 4. The lowest BCUT2D eigenvalue weighted by atomic mass is 10.3. The lowest BCUT2D eigenvalue weighted by Crippen LogP contribution is -2.21. The summed E-state index contributed by atoms with van der Waals surface area (Å²) in [7, 11) is 0. The number of nitrogens with zero attached hydrogens (tertiary/aromatic N) is 3. The van der Waals surface area contributed by atoms with E-state index in [4.69, 9.17) is 0 Å². The van der Waals surface area contributed by atoms with Crippen LogP contribution in [-0.4, -0.2) is 31.6 Å². The van der Waals surface area contributed by atoms with E-state index in [1.165, 1.54) is 4.68 Å². The number of nitrogens with one attached hydrogen (secondary N) is 2. The van der Waals surface area contributed by atoms with Crippen LogP contribution in [0.3, 0.4) is 0 Å². The highest BCUT2D eigenvalue weighted by atomic mass is 16.4. The van der Waals surface area contributed by atoms with Gasteiger partial charge in [-0.3, -0.25) is 14.6 Å². The van der Waals surface area contributed by atoms with Gasteiger partial charge in [-0.05, 0) is 32.3 Å². The van der Waals surface area contributed by atoms with Gasteiger partial charge in [-0.2, -0.15) is 9.78 Å². The highest BCUT2D eigenvalue weighted by Crippen LogP contribution is 2.19. The molecule has 0 aromatic carbocycles. The first-order valence-electron chi connectivity index (χ1n) is 7.33. The van der Waals surface area contributed by atoms with Gasteiger partial charge < -0.3 is 15.2 Å². The van der Waals surface area contributed by atoms with E-state index in [2.05, 4.69) is 20.4 Å². The number of carboxylic acids is 1. The van der Waals surface area contributed by atoms with E-state index in [9.17, 15) is 19.5 Å². The molecule has 2 heterocycles. The van der Waals surface area contributed by atoms with Crippen LogP contribution in [0.25, 0.3) is 5.95 Å². The van der Waals surface area contributed by atoms with Gasteiger partial charge in [0.2, 0.25) is 11.9 Å². The SMILES string of the molecule is Cc1cc(NC(=O)/C=C/C(=O)[O-])n(-c2nc3c(c(=O)[nH]2)CCC3)n1. The van der Waals surface area contributed by atoms with Gasteiger partial charge in [-0.1, -0.05) is 0 Å². The Balaban J connectivity index is 1.95. The maximum absolute atomic E-state index is 12.1. The first kappa shape index (κ1) is 15.7. The number of carbonyl (C=O) groups excluding carboxylic acids is 2. The molecule has 1 aliphatic rings. The summed E-state index contributed by atoms with van der Waals surface area (Å²) in [5, 5.41) is 17.1. The number of fused-ring (bicyclic) bond motifs is 1. The number of aliphatic carboxylic acids is 1. The van der Waals surface area contributed by atoms with E-state index in [0.717, 1.165) is 24.6 Å². The molecule has 1 amide bonds. The molecule has 2 aromatic rings. The summed E-state index contributed by atoms with van der Waals surface area (Å²) in [6, 6.07) is 1.58. The summed E-state index contributed by atoms with van der Waals surface area (Å²) in [5.74, 6) is -1.67. The number of carboxylic acid groups (broad SMARTS) is 1. The topological polar surface area (TPSA) is 133 Å². The number of H-pyrrole nitrogens is 1. The summed E-state index contributed by atoms with van der Waals surface area (Å²) in [4.78, 5) is 41.3. The van der Waals surface area contributed by atoms with Crippen molar-refractivity contribution in [3.05, 3.63) is 45.5 Å². The van der Waals surface area contributed by atoms with Crippen molar-refractivity contribution in [3.63, 3.8) is 0 Å². The fourth-order valence-electron chi connectivity index (χ4n) is 2.59. The molecule has 124 valence electrons. The van der Waals surface area contributed by atoms with Crippen LogP contribution in [0.2, 0.25) is 0 Å². The molecular weight excluding hydrogens is 314 g/mol. The zero-order valence-corrected chi connectivity index (χ0v) is 12.8. The van der Waals surface area contributed by atoms with E-state index in [1.807, 2.05) is 0 Å². The van der Waals surface area contributed by atoms with Crippen molar-refractivity contribution in [2.75, 3.05) is 5.32 Å². The van der Waals surface area contributed by atoms with Crippen LogP contribution in [0, 0.1) is 6.92 Å². The summed E-state index contributed by atoms with van der Waals surface area (Å²) in [6.45, 7) is 1.72. The highest BCUT2D eigenvalue weighted by Gasteiger charge is 2.19. The number of hydrogen-bond acceptors (Lipinski definition) is 6. The molecule has 0 aliphatic heterocycles. The minimum absolute atomic E-state index is 0.202. The molecule has 0 bridgehead atoms. The minimum atomic E-state index is -1.47. The Bertz CT molecular complexity index is 909. The fraction of sp³-hybridized carbons (Fsp3) is 0.267. The quantitative estimate of drug-likeness (QED) is 0.692. The Hall–Kier alpha value is -3.23. The molecule has 2 N–H and O–H groups in total. The van der Waals surface area contributed by atoms with E-state index in [1.54, 1.807) is 13.0 Å². The van der Waals surface area contributed by atoms with Crippen molar-refractivity contribution in [1.29, 1.82) is 0 Å². The van der Waals surface area contributed by atoms with Gasteiger partial charge in [0.1, 0.15) is 5.82 Å². The maximum atomic E-state index is 12.1. The molecule has 0 radical (unpaired) electrons. The predicted octanol–water partition coefficient (Wildman–Crippen LogP) is -1.00. The molecule has 0 atom stereocenters. The minimum Gasteiger partial charge on any atom is -0.545 e. The third-order valence-electron chi connectivity index (χ3n) is 3.58. The van der Waals surface area contributed by atoms with Crippen molar-refractivity contribution in [1.82, 2.24) is 19.7 Å². The zero-order valence-electron chi connectivity index (χ0n) is 12.8. The molecule has 24 heavy (non-hydrogen) atoms. The number of aromatic amines is 1. The molecule has 9 heteroatoms. The van der Waals surface area contributed by atoms with Crippen LogP contribution in [0.1, 0.15) is 23.4 Å². The van der Waals surface area contributed by atoms with Crippen molar-refractivity contribution >= 4 is 17.7 Å². The average molecular weight is 328 g/mol. The van der Waals surface area contributed by atoms with E-state index < -0.39 is 11.9 Å². The van der Waals surface area contributed by atoms with Crippen molar-refractivity contribution in [3.8, 4) is 5.95 Å². The largest absolute Gasteiger partial charge is 0.545 e. The van der Waals surface area contributed by atoms with Crippen LogP contribution in [0.4, 0.5) is 5.82 Å². The highest BCUT2D eigenvalue weighted by molar-refractivity contribution is 6.01. The van der Waals surface area contributed by atoms with Gasteiger partial charge in [0, 0.05) is 17.7 Å². The lowest BCUT2D eigenvalue weighted by Gasteiger charge is -2.08. The normalized spacial score (nSPS) is 13.2. The van der Waals surface area contributed by atoms with E-state index >= 15 is 0 Å². The lowest BCUT2D eigenvalue weighted by molar-refractivity contribution is -0.297. The Morgan fingerprint density at radius 1 is 1.38 bits per heavy atom. The van der Waals surface area contributed by atoms with Crippen molar-refractivity contribution < 1.29 is 14.7 Å². The summed E-state index contributed by atoms with van der Waals surface area (Å²) in [6.07, 6.45) is 3.76. The molecule has 1 aliphatic carbocycles. The van der Waals surface area contributed by atoms with Gasteiger partial charge in [-0.15, -0.1) is 0 Å². The number of anilines is 1. The Morgan fingerprint density at radius 2 is 2.17 bits per heavy atom. The predicted molar refractivity (Wildman–Crippen MR) is 81.5 cm³/mol. The molecule has 2 aromatic heterocycles.